The number of carbonyl (C=O) groups is 2. The molecule has 1 amide bonds. The maximum Gasteiger partial charge on any atom is 0.338 e. The minimum Gasteiger partial charge on any atom is -0.478 e. The van der Waals surface area contributed by atoms with Crippen molar-refractivity contribution in [1.82, 2.24) is 10.3 Å². The van der Waals surface area contributed by atoms with E-state index in [-0.39, 0.29) is 11.5 Å². The van der Waals surface area contributed by atoms with Crippen LogP contribution in [0.25, 0.3) is 10.2 Å². The van der Waals surface area contributed by atoms with Crippen molar-refractivity contribution in [2.24, 2.45) is 5.92 Å². The Morgan fingerprint density at radius 1 is 1.60 bits per heavy atom. The monoisotopic (exact) mass is 290 g/mol. The highest BCUT2D eigenvalue weighted by atomic mass is 32.1. The zero-order valence-corrected chi connectivity index (χ0v) is 11.8. The summed E-state index contributed by atoms with van der Waals surface area (Å²) in [6.07, 6.45) is 0.975. The third kappa shape index (κ3) is 2.12. The van der Waals surface area contributed by atoms with Gasteiger partial charge in [-0.15, -0.1) is 11.3 Å². The predicted molar refractivity (Wildman–Crippen MR) is 77.5 cm³/mol. The van der Waals surface area contributed by atoms with Crippen molar-refractivity contribution in [2.75, 3.05) is 6.54 Å². The number of H-pyrrole nitrogens is 1. The van der Waals surface area contributed by atoms with Crippen molar-refractivity contribution in [3.8, 4) is 0 Å². The summed E-state index contributed by atoms with van der Waals surface area (Å²) in [5, 5.41) is 12.0. The molecule has 1 unspecified atom stereocenters. The van der Waals surface area contributed by atoms with Gasteiger partial charge in [0, 0.05) is 17.3 Å². The normalized spacial score (nSPS) is 17.4. The topological polar surface area (TPSA) is 82.2 Å². The zero-order valence-electron chi connectivity index (χ0n) is 10.9. The van der Waals surface area contributed by atoms with Gasteiger partial charge in [-0.25, -0.2) is 4.79 Å². The van der Waals surface area contributed by atoms with Gasteiger partial charge in [0.05, 0.1) is 15.8 Å². The van der Waals surface area contributed by atoms with Gasteiger partial charge in [0.25, 0.3) is 5.91 Å². The van der Waals surface area contributed by atoms with E-state index < -0.39 is 5.97 Å². The van der Waals surface area contributed by atoms with E-state index in [9.17, 15) is 14.7 Å². The molecule has 20 heavy (non-hydrogen) atoms. The van der Waals surface area contributed by atoms with E-state index in [4.69, 9.17) is 0 Å². The largest absolute Gasteiger partial charge is 0.478 e. The lowest BCUT2D eigenvalue weighted by Gasteiger charge is -2.01. The van der Waals surface area contributed by atoms with Gasteiger partial charge in [0.2, 0.25) is 0 Å². The van der Waals surface area contributed by atoms with E-state index in [2.05, 4.69) is 16.9 Å². The van der Waals surface area contributed by atoms with E-state index in [1.54, 1.807) is 13.0 Å². The smallest absolute Gasteiger partial charge is 0.338 e. The summed E-state index contributed by atoms with van der Waals surface area (Å²) in [4.78, 5) is 26.9. The first-order chi connectivity index (χ1) is 9.47. The van der Waals surface area contributed by atoms with Crippen molar-refractivity contribution < 1.29 is 14.7 Å². The van der Waals surface area contributed by atoms with E-state index >= 15 is 0 Å². The van der Waals surface area contributed by atoms with Gasteiger partial charge in [-0.3, -0.25) is 4.79 Å². The number of amides is 1. The Balaban J connectivity index is 1.83. The molecular formula is C14H14N2O3S. The Kier molecular flexibility index (Phi) is 2.90. The second-order valence-electron chi connectivity index (χ2n) is 5.03. The average molecular weight is 290 g/mol. The molecule has 3 rings (SSSR count). The molecule has 2 aromatic rings. The number of aromatic amines is 1. The fourth-order valence-electron chi connectivity index (χ4n) is 2.26. The second kappa shape index (κ2) is 4.49. The Hall–Kier alpha value is -2.08. The van der Waals surface area contributed by atoms with E-state index in [1.807, 2.05) is 0 Å². The van der Waals surface area contributed by atoms with E-state index in [1.165, 1.54) is 16.9 Å². The molecular weight excluding hydrogens is 276 g/mol. The Labute approximate surface area is 119 Å². The van der Waals surface area contributed by atoms with Gasteiger partial charge < -0.3 is 15.4 Å². The lowest BCUT2D eigenvalue weighted by Crippen LogP contribution is -2.25. The predicted octanol–water partition coefficient (Wildman–Crippen LogP) is 2.54. The van der Waals surface area contributed by atoms with Crippen molar-refractivity contribution in [2.45, 2.75) is 13.3 Å². The molecule has 0 radical (unpaired) electrons. The van der Waals surface area contributed by atoms with Crippen LogP contribution in [0.3, 0.4) is 0 Å². The summed E-state index contributed by atoms with van der Waals surface area (Å²) >= 11 is 1.38. The lowest BCUT2D eigenvalue weighted by atomic mass is 10.2. The van der Waals surface area contributed by atoms with Crippen molar-refractivity contribution >= 4 is 33.4 Å². The van der Waals surface area contributed by atoms with Crippen LogP contribution in [-0.2, 0) is 0 Å². The van der Waals surface area contributed by atoms with Crippen LogP contribution in [0.2, 0.25) is 0 Å². The first-order valence-corrected chi connectivity index (χ1v) is 7.10. The van der Waals surface area contributed by atoms with Gasteiger partial charge in [0.15, 0.2) is 0 Å². The van der Waals surface area contributed by atoms with E-state index in [0.29, 0.717) is 23.7 Å². The number of nitrogens with one attached hydrogen (secondary N) is 2. The van der Waals surface area contributed by atoms with Crippen LogP contribution in [0, 0.1) is 12.8 Å². The van der Waals surface area contributed by atoms with Crippen LogP contribution in [-0.4, -0.2) is 28.5 Å². The van der Waals surface area contributed by atoms with Gasteiger partial charge in [-0.2, -0.15) is 0 Å². The number of hydrogen-bond acceptors (Lipinski definition) is 3. The second-order valence-corrected chi connectivity index (χ2v) is 6.29. The summed E-state index contributed by atoms with van der Waals surface area (Å²) in [7, 11) is 0. The van der Waals surface area contributed by atoms with Gasteiger partial charge in [-0.05, 0) is 19.4 Å². The number of aromatic carboxylic acids is 1. The standard InChI is InChI=1S/C14H14N2O3S/c1-6-3-8(6)5-15-13(17)9-4-10-12(16-9)11(14(18)19)7(2)20-10/h4,8,16H,1,3,5H2,2H3,(H,15,17)(H,18,19). The minimum atomic E-state index is -0.975. The lowest BCUT2D eigenvalue weighted by molar-refractivity contribution is 0.0698. The molecule has 1 aliphatic carbocycles. The number of carboxylic acids is 1. The van der Waals surface area contributed by atoms with Crippen LogP contribution in [0.4, 0.5) is 0 Å². The highest BCUT2D eigenvalue weighted by Crippen LogP contribution is 2.35. The average Bonchev–Trinajstić information content (AvgIpc) is 2.78. The molecule has 0 saturated heterocycles. The fourth-order valence-corrected chi connectivity index (χ4v) is 3.31. The molecule has 2 heterocycles. The van der Waals surface area contributed by atoms with E-state index in [0.717, 1.165) is 16.0 Å². The SMILES string of the molecule is C=C1CC1CNC(=O)c1cc2sc(C)c(C(=O)O)c2[nH]1. The number of hydrogen-bond donors (Lipinski definition) is 3. The summed E-state index contributed by atoms with van der Waals surface area (Å²) in [5.41, 5.74) is 2.35. The van der Waals surface area contributed by atoms with Gasteiger partial charge in [-0.1, -0.05) is 12.2 Å². The first kappa shape index (κ1) is 12.9. The highest BCUT2D eigenvalue weighted by Gasteiger charge is 2.28. The maximum absolute atomic E-state index is 12.0. The Morgan fingerprint density at radius 3 is 2.90 bits per heavy atom. The zero-order chi connectivity index (χ0) is 14.4. The summed E-state index contributed by atoms with van der Waals surface area (Å²) in [5.74, 6) is -0.786. The fraction of sp³-hybridized carbons (Fsp3) is 0.286. The highest BCUT2D eigenvalue weighted by molar-refractivity contribution is 7.19. The number of fused-ring (bicyclic) bond motifs is 1. The molecule has 104 valence electrons. The molecule has 0 aromatic carbocycles. The van der Waals surface area contributed by atoms with Crippen LogP contribution in [0.1, 0.15) is 32.1 Å². The number of carboxylic acid groups (broad SMARTS) is 1. The van der Waals surface area contributed by atoms with Gasteiger partial charge in [0.1, 0.15) is 5.69 Å². The summed E-state index contributed by atoms with van der Waals surface area (Å²) in [6, 6.07) is 1.70. The minimum absolute atomic E-state index is 0.206. The number of carbonyl (C=O) groups excluding carboxylic acids is 1. The van der Waals surface area contributed by atoms with Crippen LogP contribution in [0.15, 0.2) is 18.2 Å². The van der Waals surface area contributed by atoms with Crippen molar-refractivity contribution in [1.29, 1.82) is 0 Å². The number of thiophene rings is 1. The molecule has 1 aliphatic rings. The van der Waals surface area contributed by atoms with Crippen LogP contribution in [0.5, 0.6) is 0 Å². The maximum atomic E-state index is 12.0. The Morgan fingerprint density at radius 2 is 2.30 bits per heavy atom. The molecule has 1 fully saturated rings. The Bertz CT molecular complexity index is 741. The van der Waals surface area contributed by atoms with Gasteiger partial charge >= 0.3 is 5.97 Å². The molecule has 1 saturated carbocycles. The summed E-state index contributed by atoms with van der Waals surface area (Å²) < 4.78 is 0.792. The van der Waals surface area contributed by atoms with Crippen LogP contribution >= 0.6 is 11.3 Å². The molecule has 2 aromatic heterocycles. The third-order valence-electron chi connectivity index (χ3n) is 3.54. The van der Waals surface area contributed by atoms with Crippen molar-refractivity contribution in [3.63, 3.8) is 0 Å². The number of aryl methyl sites for hydroxylation is 1. The quantitative estimate of drug-likeness (QED) is 0.757. The molecule has 6 heteroatoms. The molecule has 0 aliphatic heterocycles. The number of aromatic nitrogens is 1. The molecule has 0 spiro atoms. The molecule has 3 N–H and O–H groups in total. The van der Waals surface area contributed by atoms with Crippen molar-refractivity contribution in [3.05, 3.63) is 34.4 Å². The molecule has 1 atom stereocenters. The first-order valence-electron chi connectivity index (χ1n) is 6.28. The number of rotatable bonds is 4. The molecule has 5 nitrogen and oxygen atoms in total. The summed E-state index contributed by atoms with van der Waals surface area (Å²) in [6.45, 7) is 6.20. The third-order valence-corrected chi connectivity index (χ3v) is 4.59. The van der Waals surface area contributed by atoms with Crippen LogP contribution < -0.4 is 5.32 Å². The molecule has 0 bridgehead atoms.